The molecule has 0 radical (unpaired) electrons. The minimum Gasteiger partial charge on any atom is -0.399 e. The summed E-state index contributed by atoms with van der Waals surface area (Å²) in [6, 6.07) is 6.41. The van der Waals surface area contributed by atoms with Gasteiger partial charge in [0.25, 0.3) is 10.0 Å². The average molecular weight is 344 g/mol. The van der Waals surface area contributed by atoms with Gasteiger partial charge in [-0.2, -0.15) is 13.5 Å². The number of aromatic nitrogens is 3. The number of nitrogens with two attached hydrogens (primary N) is 1. The summed E-state index contributed by atoms with van der Waals surface area (Å²) < 4.78 is 30.5. The average Bonchev–Trinajstić information content (AvgIpc) is 2.97. The number of benzene rings is 1. The zero-order valence-electron chi connectivity index (χ0n) is 13.2. The van der Waals surface area contributed by atoms with E-state index in [1.165, 1.54) is 12.4 Å². The van der Waals surface area contributed by atoms with Crippen molar-refractivity contribution >= 4 is 27.7 Å². The number of sulfonamides is 1. The maximum atomic E-state index is 12.6. The van der Waals surface area contributed by atoms with Gasteiger partial charge in [-0.3, -0.25) is 0 Å². The molecule has 3 aromatic rings. The van der Waals surface area contributed by atoms with Crippen LogP contribution in [0.25, 0.3) is 16.8 Å². The summed E-state index contributed by atoms with van der Waals surface area (Å²) in [4.78, 5) is 5.82. The Hall–Kier alpha value is -2.94. The molecule has 1 aromatic carbocycles. The van der Waals surface area contributed by atoms with Gasteiger partial charge in [-0.05, 0) is 18.2 Å². The molecule has 0 aliphatic rings. The standard InChI is InChI=1S/C15H16N6O2S/c1-20(2)10-19-24(22,23)14-8-11(16)4-5-12(14)13-9-18-21-7-3-6-17-15(13)21/h3-10H,16H2,1-2H3. The van der Waals surface area contributed by atoms with Gasteiger partial charge >= 0.3 is 0 Å². The number of nitrogens with zero attached hydrogens (tertiary/aromatic N) is 5. The highest BCUT2D eigenvalue weighted by Gasteiger charge is 2.21. The lowest BCUT2D eigenvalue weighted by Crippen LogP contribution is -2.10. The Bertz CT molecular complexity index is 1020. The smallest absolute Gasteiger partial charge is 0.284 e. The Labute approximate surface area is 139 Å². The minimum absolute atomic E-state index is 0.0150. The van der Waals surface area contributed by atoms with Gasteiger partial charge in [-0.1, -0.05) is 6.07 Å². The predicted octanol–water partition coefficient (Wildman–Crippen LogP) is 1.26. The molecule has 124 valence electrons. The van der Waals surface area contributed by atoms with Crippen molar-refractivity contribution in [2.45, 2.75) is 4.90 Å². The van der Waals surface area contributed by atoms with Crippen molar-refractivity contribution in [2.24, 2.45) is 4.40 Å². The fourth-order valence-corrected chi connectivity index (χ4v) is 3.37. The molecule has 2 heterocycles. The summed E-state index contributed by atoms with van der Waals surface area (Å²) in [5.41, 5.74) is 7.71. The Morgan fingerprint density at radius 3 is 2.83 bits per heavy atom. The van der Waals surface area contributed by atoms with E-state index in [4.69, 9.17) is 5.73 Å². The fraction of sp³-hybridized carbons (Fsp3) is 0.133. The summed E-state index contributed by atoms with van der Waals surface area (Å²) in [6.45, 7) is 0. The first-order valence-electron chi connectivity index (χ1n) is 7.03. The van der Waals surface area contributed by atoms with E-state index in [1.54, 1.807) is 60.3 Å². The Kier molecular flexibility index (Phi) is 3.94. The van der Waals surface area contributed by atoms with Crippen molar-refractivity contribution in [3.63, 3.8) is 0 Å². The Morgan fingerprint density at radius 2 is 2.08 bits per heavy atom. The number of fused-ring (bicyclic) bond motifs is 1. The molecule has 9 heteroatoms. The highest BCUT2D eigenvalue weighted by molar-refractivity contribution is 7.90. The molecule has 0 amide bonds. The van der Waals surface area contributed by atoms with Crippen molar-refractivity contribution in [3.05, 3.63) is 42.9 Å². The van der Waals surface area contributed by atoms with Crippen molar-refractivity contribution in [1.82, 2.24) is 19.5 Å². The monoisotopic (exact) mass is 344 g/mol. The first-order chi connectivity index (χ1) is 11.4. The van der Waals surface area contributed by atoms with Crippen molar-refractivity contribution in [2.75, 3.05) is 19.8 Å². The van der Waals surface area contributed by atoms with Crippen LogP contribution in [0.1, 0.15) is 0 Å². The third-order valence-electron chi connectivity index (χ3n) is 3.27. The third-order valence-corrected chi connectivity index (χ3v) is 4.54. The van der Waals surface area contributed by atoms with E-state index in [0.717, 1.165) is 0 Å². The zero-order chi connectivity index (χ0) is 17.3. The quantitative estimate of drug-likeness (QED) is 0.434. The molecule has 24 heavy (non-hydrogen) atoms. The summed E-state index contributed by atoms with van der Waals surface area (Å²) in [5, 5.41) is 4.20. The van der Waals surface area contributed by atoms with E-state index in [2.05, 4.69) is 14.5 Å². The molecular weight excluding hydrogens is 328 g/mol. The highest BCUT2D eigenvalue weighted by Crippen LogP contribution is 2.32. The van der Waals surface area contributed by atoms with Gasteiger partial charge < -0.3 is 10.6 Å². The second kappa shape index (κ2) is 5.93. The van der Waals surface area contributed by atoms with Crippen LogP contribution < -0.4 is 5.73 Å². The van der Waals surface area contributed by atoms with Gasteiger partial charge in [0.05, 0.1) is 11.1 Å². The van der Waals surface area contributed by atoms with Crippen molar-refractivity contribution < 1.29 is 8.42 Å². The van der Waals surface area contributed by atoms with Crippen LogP contribution in [0.4, 0.5) is 5.69 Å². The van der Waals surface area contributed by atoms with Gasteiger partial charge in [0, 0.05) is 43.3 Å². The molecular formula is C15H16N6O2S. The van der Waals surface area contributed by atoms with Crippen molar-refractivity contribution in [1.29, 1.82) is 0 Å². The SMILES string of the molecule is CN(C)C=NS(=O)(=O)c1cc(N)ccc1-c1cnn2cccnc12. The summed E-state index contributed by atoms with van der Waals surface area (Å²) in [5.74, 6) is 0. The van der Waals surface area contributed by atoms with Crippen LogP contribution in [0.2, 0.25) is 0 Å². The van der Waals surface area contributed by atoms with E-state index in [1.807, 2.05) is 0 Å². The lowest BCUT2D eigenvalue weighted by atomic mass is 10.1. The largest absolute Gasteiger partial charge is 0.399 e. The van der Waals surface area contributed by atoms with Gasteiger partial charge in [0.15, 0.2) is 5.65 Å². The van der Waals surface area contributed by atoms with Gasteiger partial charge in [0.2, 0.25) is 0 Å². The minimum atomic E-state index is -3.92. The van der Waals surface area contributed by atoms with Gasteiger partial charge in [-0.25, -0.2) is 9.50 Å². The van der Waals surface area contributed by atoms with E-state index in [-0.39, 0.29) is 4.90 Å². The Morgan fingerprint density at radius 1 is 1.29 bits per heavy atom. The number of anilines is 1. The molecule has 0 aliphatic heterocycles. The van der Waals surface area contributed by atoms with Crippen LogP contribution in [0, 0.1) is 0 Å². The van der Waals surface area contributed by atoms with Gasteiger partial charge in [0.1, 0.15) is 6.34 Å². The second-order valence-corrected chi connectivity index (χ2v) is 6.96. The fourth-order valence-electron chi connectivity index (χ4n) is 2.21. The van der Waals surface area contributed by atoms with Crippen LogP contribution in [0.15, 0.2) is 52.1 Å². The molecule has 0 spiro atoms. The maximum Gasteiger partial charge on any atom is 0.284 e. The van der Waals surface area contributed by atoms with Crippen LogP contribution in [-0.4, -0.2) is 48.3 Å². The van der Waals surface area contributed by atoms with Crippen molar-refractivity contribution in [3.8, 4) is 11.1 Å². The molecule has 8 nitrogen and oxygen atoms in total. The lowest BCUT2D eigenvalue weighted by Gasteiger charge is -2.09. The van der Waals surface area contributed by atoms with E-state index in [9.17, 15) is 8.42 Å². The molecule has 3 rings (SSSR count). The van der Waals surface area contributed by atoms with Gasteiger partial charge in [-0.15, -0.1) is 4.40 Å². The number of nitrogen functional groups attached to an aromatic ring is 1. The molecule has 0 saturated heterocycles. The predicted molar refractivity (Wildman–Crippen MR) is 92.2 cm³/mol. The zero-order valence-corrected chi connectivity index (χ0v) is 14.0. The summed E-state index contributed by atoms with van der Waals surface area (Å²) in [7, 11) is -0.542. The molecule has 0 aliphatic carbocycles. The summed E-state index contributed by atoms with van der Waals surface area (Å²) in [6.07, 6.45) is 6.16. The molecule has 2 aromatic heterocycles. The second-order valence-electron chi connectivity index (χ2n) is 5.36. The molecule has 0 atom stereocenters. The van der Waals surface area contributed by atoms with Crippen LogP contribution >= 0.6 is 0 Å². The number of hydrogen-bond acceptors (Lipinski definition) is 5. The van der Waals surface area contributed by atoms with Crippen LogP contribution in [0.3, 0.4) is 0 Å². The first kappa shape index (κ1) is 15.9. The highest BCUT2D eigenvalue weighted by atomic mass is 32.2. The normalized spacial score (nSPS) is 12.1. The van der Waals surface area contributed by atoms with E-state index < -0.39 is 10.0 Å². The van der Waals surface area contributed by atoms with Crippen LogP contribution in [-0.2, 0) is 10.0 Å². The molecule has 0 unspecified atom stereocenters. The number of rotatable bonds is 4. The maximum absolute atomic E-state index is 12.6. The molecule has 0 fully saturated rings. The third kappa shape index (κ3) is 2.93. The lowest BCUT2D eigenvalue weighted by molar-refractivity contribution is 0.595. The van der Waals surface area contributed by atoms with Crippen LogP contribution in [0.5, 0.6) is 0 Å². The molecule has 0 bridgehead atoms. The molecule has 0 saturated carbocycles. The Balaban J connectivity index is 2.24. The summed E-state index contributed by atoms with van der Waals surface area (Å²) >= 11 is 0. The van der Waals surface area contributed by atoms with E-state index in [0.29, 0.717) is 22.5 Å². The topological polar surface area (TPSA) is 106 Å². The first-order valence-corrected chi connectivity index (χ1v) is 8.47. The van der Waals surface area contributed by atoms with E-state index >= 15 is 0 Å². The molecule has 2 N–H and O–H groups in total. The number of hydrogen-bond donors (Lipinski definition) is 1.